The highest BCUT2D eigenvalue weighted by Crippen LogP contribution is 2.23. The summed E-state index contributed by atoms with van der Waals surface area (Å²) >= 11 is 0. The topological polar surface area (TPSA) is 36.3 Å². The summed E-state index contributed by atoms with van der Waals surface area (Å²) in [6.07, 6.45) is 3.20. The molecule has 0 saturated heterocycles. The summed E-state index contributed by atoms with van der Waals surface area (Å²) in [4.78, 5) is 2.01. The zero-order valence-electron chi connectivity index (χ0n) is 10.7. The number of hydrogen-bond donors (Lipinski definition) is 1. The summed E-state index contributed by atoms with van der Waals surface area (Å²) in [5.41, 5.74) is 1.80. The van der Waals surface area contributed by atoms with Crippen LogP contribution in [0.1, 0.15) is 30.4 Å². The van der Waals surface area contributed by atoms with Gasteiger partial charge in [-0.1, -0.05) is 6.07 Å². The van der Waals surface area contributed by atoms with Gasteiger partial charge in [-0.3, -0.25) is 5.41 Å². The van der Waals surface area contributed by atoms with Crippen LogP contribution < -0.4 is 0 Å². The summed E-state index contributed by atoms with van der Waals surface area (Å²) < 4.78 is 18.1. The molecule has 18 heavy (non-hydrogen) atoms. The molecule has 0 atom stereocenters. The highest BCUT2D eigenvalue weighted by atomic mass is 19.1. The molecule has 0 unspecified atom stereocenters. The minimum Gasteiger partial charge on any atom is -0.385 e. The molecule has 0 amide bonds. The monoisotopic (exact) mass is 250 g/mol. The van der Waals surface area contributed by atoms with Gasteiger partial charge in [-0.25, -0.2) is 4.39 Å². The van der Waals surface area contributed by atoms with Crippen molar-refractivity contribution in [1.82, 2.24) is 4.90 Å². The van der Waals surface area contributed by atoms with Crippen LogP contribution in [0.4, 0.5) is 4.39 Å². The first-order chi connectivity index (χ1) is 8.72. The van der Waals surface area contributed by atoms with Gasteiger partial charge < -0.3 is 9.64 Å². The van der Waals surface area contributed by atoms with E-state index in [0.717, 1.165) is 50.1 Å². The summed E-state index contributed by atoms with van der Waals surface area (Å²) in [5, 5.41) is 8.04. The Morgan fingerprint density at radius 2 is 2.17 bits per heavy atom. The van der Waals surface area contributed by atoms with Gasteiger partial charge in [0.2, 0.25) is 0 Å². The molecule has 1 aliphatic heterocycles. The summed E-state index contributed by atoms with van der Waals surface area (Å²) in [6, 6.07) is 4.71. The third kappa shape index (κ3) is 2.88. The normalized spacial score (nSPS) is 14.1. The Morgan fingerprint density at radius 1 is 1.33 bits per heavy atom. The highest BCUT2D eigenvalue weighted by molar-refractivity contribution is 6.00. The van der Waals surface area contributed by atoms with E-state index < -0.39 is 0 Å². The van der Waals surface area contributed by atoms with Crippen LogP contribution in [0.3, 0.4) is 0 Å². The molecule has 1 N–H and O–H groups in total. The van der Waals surface area contributed by atoms with E-state index in [1.54, 1.807) is 13.2 Å². The smallest absolute Gasteiger partial charge is 0.128 e. The van der Waals surface area contributed by atoms with Gasteiger partial charge in [0.1, 0.15) is 11.7 Å². The molecule has 3 nitrogen and oxygen atoms in total. The lowest BCUT2D eigenvalue weighted by Gasteiger charge is -2.17. The van der Waals surface area contributed by atoms with E-state index in [2.05, 4.69) is 0 Å². The van der Waals surface area contributed by atoms with Crippen LogP contribution in [0.25, 0.3) is 0 Å². The Balaban J connectivity index is 1.85. The van der Waals surface area contributed by atoms with Crippen LogP contribution >= 0.6 is 0 Å². The van der Waals surface area contributed by atoms with Crippen molar-refractivity contribution in [2.24, 2.45) is 0 Å². The zero-order valence-corrected chi connectivity index (χ0v) is 10.7. The number of halogens is 1. The van der Waals surface area contributed by atoms with Gasteiger partial charge in [0, 0.05) is 32.4 Å². The Morgan fingerprint density at radius 3 is 2.94 bits per heavy atom. The summed E-state index contributed by atoms with van der Waals surface area (Å²) in [5.74, 6) is 0.191. The lowest BCUT2D eigenvalue weighted by atomic mass is 10.1. The Kier molecular flexibility index (Phi) is 4.31. The zero-order chi connectivity index (χ0) is 13.0. The second kappa shape index (κ2) is 5.96. The van der Waals surface area contributed by atoms with E-state index in [4.69, 9.17) is 10.1 Å². The molecule has 98 valence electrons. The molecule has 1 aromatic rings. The van der Waals surface area contributed by atoms with Crippen molar-refractivity contribution in [3.05, 3.63) is 35.1 Å². The quantitative estimate of drug-likeness (QED) is 0.788. The summed E-state index contributed by atoms with van der Waals surface area (Å²) in [7, 11) is 1.71. The average Bonchev–Trinajstić information content (AvgIpc) is 2.67. The van der Waals surface area contributed by atoms with E-state index in [1.807, 2.05) is 4.90 Å². The van der Waals surface area contributed by atoms with Crippen molar-refractivity contribution < 1.29 is 9.13 Å². The minimum absolute atomic E-state index is 0.263. The van der Waals surface area contributed by atoms with Gasteiger partial charge >= 0.3 is 0 Å². The number of methoxy groups -OCH3 is 1. The largest absolute Gasteiger partial charge is 0.385 e. The average molecular weight is 250 g/mol. The summed E-state index contributed by atoms with van der Waals surface area (Å²) in [6.45, 7) is 2.39. The molecule has 0 saturated carbocycles. The van der Waals surface area contributed by atoms with Crippen molar-refractivity contribution in [2.45, 2.75) is 25.8 Å². The molecule has 0 fully saturated rings. The Hall–Kier alpha value is -1.42. The SMILES string of the molecule is COCCCCCN1Cc2ccc(F)cc2C1=N. The minimum atomic E-state index is -0.263. The van der Waals surface area contributed by atoms with Crippen LogP contribution in [-0.4, -0.2) is 31.0 Å². The van der Waals surface area contributed by atoms with Crippen molar-refractivity contribution in [1.29, 1.82) is 5.41 Å². The third-order valence-corrected chi connectivity index (χ3v) is 3.28. The van der Waals surface area contributed by atoms with Crippen molar-refractivity contribution in [3.8, 4) is 0 Å². The standard InChI is InChI=1S/C14H19FN2O/c1-18-8-4-2-3-7-17-10-11-5-6-12(15)9-13(11)14(17)16/h5-6,9,16H,2-4,7-8,10H2,1H3. The van der Waals surface area contributed by atoms with E-state index >= 15 is 0 Å². The number of amidine groups is 1. The van der Waals surface area contributed by atoms with E-state index in [0.29, 0.717) is 5.84 Å². The van der Waals surface area contributed by atoms with Gasteiger partial charge in [-0.2, -0.15) is 0 Å². The predicted octanol–water partition coefficient (Wildman–Crippen LogP) is 2.78. The van der Waals surface area contributed by atoms with Gasteiger partial charge in [-0.15, -0.1) is 0 Å². The van der Waals surface area contributed by atoms with Crippen molar-refractivity contribution in [3.63, 3.8) is 0 Å². The maximum Gasteiger partial charge on any atom is 0.128 e. The second-order valence-electron chi connectivity index (χ2n) is 4.63. The number of benzene rings is 1. The molecule has 1 aliphatic rings. The Bertz CT molecular complexity index is 434. The molecule has 0 radical (unpaired) electrons. The number of unbranched alkanes of at least 4 members (excludes halogenated alkanes) is 2. The molecule has 2 rings (SSSR count). The van der Waals surface area contributed by atoms with E-state index in [1.165, 1.54) is 12.1 Å². The maximum atomic E-state index is 13.1. The number of nitrogens with zero attached hydrogens (tertiary/aromatic N) is 1. The van der Waals surface area contributed by atoms with Gasteiger partial charge in [0.25, 0.3) is 0 Å². The lowest BCUT2D eigenvalue weighted by molar-refractivity contribution is 0.191. The molecule has 0 spiro atoms. The third-order valence-electron chi connectivity index (χ3n) is 3.28. The van der Waals surface area contributed by atoms with Crippen LogP contribution in [0.5, 0.6) is 0 Å². The van der Waals surface area contributed by atoms with E-state index in [9.17, 15) is 4.39 Å². The van der Waals surface area contributed by atoms with Crippen LogP contribution in [0.15, 0.2) is 18.2 Å². The lowest BCUT2D eigenvalue weighted by Crippen LogP contribution is -2.25. The number of rotatable bonds is 6. The van der Waals surface area contributed by atoms with Crippen molar-refractivity contribution in [2.75, 3.05) is 20.3 Å². The Labute approximate surface area is 107 Å². The van der Waals surface area contributed by atoms with Crippen LogP contribution in [-0.2, 0) is 11.3 Å². The molecule has 0 aromatic heterocycles. The molecule has 0 aliphatic carbocycles. The maximum absolute atomic E-state index is 13.1. The molecular formula is C14H19FN2O. The van der Waals surface area contributed by atoms with Gasteiger partial charge in [0.05, 0.1) is 0 Å². The highest BCUT2D eigenvalue weighted by Gasteiger charge is 2.23. The van der Waals surface area contributed by atoms with E-state index in [-0.39, 0.29) is 5.82 Å². The first-order valence-electron chi connectivity index (χ1n) is 6.33. The van der Waals surface area contributed by atoms with Gasteiger partial charge in [0.15, 0.2) is 0 Å². The number of hydrogen-bond acceptors (Lipinski definition) is 2. The first-order valence-corrected chi connectivity index (χ1v) is 6.33. The molecule has 1 aromatic carbocycles. The number of fused-ring (bicyclic) bond motifs is 1. The predicted molar refractivity (Wildman–Crippen MR) is 69.4 cm³/mol. The molecule has 4 heteroatoms. The fourth-order valence-electron chi connectivity index (χ4n) is 2.28. The number of ether oxygens (including phenoxy) is 1. The first kappa shape index (κ1) is 13.0. The second-order valence-corrected chi connectivity index (χ2v) is 4.63. The fraction of sp³-hybridized carbons (Fsp3) is 0.500. The van der Waals surface area contributed by atoms with Crippen LogP contribution in [0, 0.1) is 11.2 Å². The van der Waals surface area contributed by atoms with Crippen molar-refractivity contribution >= 4 is 5.84 Å². The van der Waals surface area contributed by atoms with Crippen LogP contribution in [0.2, 0.25) is 0 Å². The fourth-order valence-corrected chi connectivity index (χ4v) is 2.28. The molecule has 0 bridgehead atoms. The number of nitrogens with one attached hydrogen (secondary N) is 1. The van der Waals surface area contributed by atoms with Gasteiger partial charge in [-0.05, 0) is 37.0 Å². The molecular weight excluding hydrogens is 231 g/mol. The molecule has 1 heterocycles.